The largest absolute Gasteiger partial charge is 0.356 e. The molecule has 1 aliphatic rings. The monoisotopic (exact) mass is 526 g/mol. The Morgan fingerprint density at radius 2 is 0.615 bits per heavy atom. The highest BCUT2D eigenvalue weighted by Gasteiger charge is 2.17. The summed E-state index contributed by atoms with van der Waals surface area (Å²) >= 11 is 0. The number of aromatic nitrogens is 8. The molecule has 0 saturated carbocycles. The number of anilines is 4. The van der Waals surface area contributed by atoms with E-state index in [1.54, 1.807) is 50.1 Å². The molecule has 4 aromatic rings. The van der Waals surface area contributed by atoms with Gasteiger partial charge in [-0.2, -0.15) is 0 Å². The molecule has 0 amide bonds. The van der Waals surface area contributed by atoms with Gasteiger partial charge in [0.25, 0.3) is 0 Å². The second-order valence-electron chi connectivity index (χ2n) is 9.28. The molecular weight excluding hydrogens is 492 g/mol. The van der Waals surface area contributed by atoms with Gasteiger partial charge >= 0.3 is 0 Å². The van der Waals surface area contributed by atoms with Gasteiger partial charge in [0.15, 0.2) is 0 Å². The Hall–Kier alpha value is -4.48. The van der Waals surface area contributed by atoms with Gasteiger partial charge in [-0.15, -0.1) is 0 Å². The van der Waals surface area contributed by atoms with Gasteiger partial charge < -0.3 is 19.6 Å². The van der Waals surface area contributed by atoms with Crippen molar-refractivity contribution in [1.29, 1.82) is 0 Å². The minimum atomic E-state index is 0.810. The molecule has 0 bridgehead atoms. The summed E-state index contributed by atoms with van der Waals surface area (Å²) in [5, 5.41) is 0. The van der Waals surface area contributed by atoms with E-state index in [-0.39, 0.29) is 0 Å². The molecule has 5 rings (SSSR count). The average Bonchev–Trinajstić information content (AvgIpc) is 3.02. The zero-order valence-electron chi connectivity index (χ0n) is 22.1. The Labute approximate surface area is 228 Å². The van der Waals surface area contributed by atoms with Crippen molar-refractivity contribution in [3.63, 3.8) is 0 Å². The van der Waals surface area contributed by atoms with Crippen LogP contribution in [0.1, 0.15) is 19.3 Å². The van der Waals surface area contributed by atoms with E-state index in [0.29, 0.717) is 0 Å². The van der Waals surface area contributed by atoms with Crippen molar-refractivity contribution in [3.8, 4) is 0 Å². The molecule has 1 saturated heterocycles. The van der Waals surface area contributed by atoms with E-state index in [1.165, 1.54) is 0 Å². The van der Waals surface area contributed by atoms with Gasteiger partial charge in [-0.25, -0.2) is 39.9 Å². The predicted octanol–water partition coefficient (Wildman–Crippen LogP) is 2.36. The van der Waals surface area contributed by atoms with Gasteiger partial charge in [-0.1, -0.05) is 0 Å². The summed E-state index contributed by atoms with van der Waals surface area (Å²) in [5.41, 5.74) is 0. The summed E-state index contributed by atoms with van der Waals surface area (Å²) in [4.78, 5) is 44.0. The molecule has 5 heterocycles. The molecule has 4 aromatic heterocycles. The van der Waals surface area contributed by atoms with E-state index >= 15 is 0 Å². The first-order valence-corrected chi connectivity index (χ1v) is 13.4. The highest BCUT2D eigenvalue weighted by atomic mass is 15.3. The molecule has 0 spiro atoms. The first kappa shape index (κ1) is 26.1. The minimum Gasteiger partial charge on any atom is -0.356 e. The molecule has 0 N–H and O–H groups in total. The van der Waals surface area contributed by atoms with Crippen LogP contribution in [-0.2, 0) is 0 Å². The number of rotatable bonds is 4. The molecule has 0 atom stereocenters. The number of nitrogens with zero attached hydrogens (tertiary/aromatic N) is 12. The minimum absolute atomic E-state index is 0.810. The fourth-order valence-corrected chi connectivity index (χ4v) is 4.85. The zero-order valence-corrected chi connectivity index (χ0v) is 22.1. The third-order valence-corrected chi connectivity index (χ3v) is 6.77. The molecule has 0 aliphatic carbocycles. The van der Waals surface area contributed by atoms with Gasteiger partial charge in [0.2, 0.25) is 0 Å². The standard InChI is InChI=1S/C27H34N12/c1-12-36(24-4-8-28-20-32-24)14-2-16-38(26-6-10-30-22-34-26)18-19-39(27-7-11-31-23-35-27)17-3-15-37(13-1)25-5-9-29-21-33-25/h4-11,20-23H,1-3,12-19H2. The Balaban J connectivity index is 1.39. The highest BCUT2D eigenvalue weighted by molar-refractivity contribution is 5.41. The van der Waals surface area contributed by atoms with E-state index in [4.69, 9.17) is 0 Å². The third-order valence-electron chi connectivity index (χ3n) is 6.77. The Bertz CT molecular complexity index is 1120. The first-order valence-electron chi connectivity index (χ1n) is 13.4. The van der Waals surface area contributed by atoms with Crippen LogP contribution in [0.5, 0.6) is 0 Å². The average molecular weight is 527 g/mol. The van der Waals surface area contributed by atoms with Gasteiger partial charge in [0.1, 0.15) is 48.6 Å². The van der Waals surface area contributed by atoms with Crippen LogP contribution in [0.4, 0.5) is 23.3 Å². The van der Waals surface area contributed by atoms with Crippen molar-refractivity contribution >= 4 is 23.3 Å². The van der Waals surface area contributed by atoms with Gasteiger partial charge in [0.05, 0.1) is 0 Å². The quantitative estimate of drug-likeness (QED) is 0.389. The van der Waals surface area contributed by atoms with E-state index in [2.05, 4.69) is 59.5 Å². The molecule has 0 unspecified atom stereocenters. The summed E-state index contributed by atoms with van der Waals surface area (Å²) < 4.78 is 0. The number of hydrogen-bond donors (Lipinski definition) is 0. The lowest BCUT2D eigenvalue weighted by molar-refractivity contribution is 0.649. The van der Waals surface area contributed by atoms with Crippen molar-refractivity contribution in [2.24, 2.45) is 0 Å². The van der Waals surface area contributed by atoms with Crippen molar-refractivity contribution in [2.75, 3.05) is 72.0 Å². The third kappa shape index (κ3) is 7.53. The van der Waals surface area contributed by atoms with Gasteiger partial charge in [-0.05, 0) is 43.5 Å². The Morgan fingerprint density at radius 3 is 0.846 bits per heavy atom. The molecule has 0 aromatic carbocycles. The highest BCUT2D eigenvalue weighted by Crippen LogP contribution is 2.17. The zero-order chi connectivity index (χ0) is 26.5. The summed E-state index contributed by atoms with van der Waals surface area (Å²) in [7, 11) is 0. The molecule has 1 aliphatic heterocycles. The lowest BCUT2D eigenvalue weighted by atomic mass is 10.2. The van der Waals surface area contributed by atoms with Crippen LogP contribution in [-0.4, -0.2) is 92.2 Å². The maximum Gasteiger partial charge on any atom is 0.131 e. The van der Waals surface area contributed by atoms with Crippen LogP contribution in [0.25, 0.3) is 0 Å². The van der Waals surface area contributed by atoms with E-state index in [0.717, 1.165) is 94.9 Å². The van der Waals surface area contributed by atoms with Gasteiger partial charge in [-0.3, -0.25) is 0 Å². The molecular formula is C27H34N12. The first-order chi connectivity index (χ1) is 19.4. The van der Waals surface area contributed by atoms with E-state index in [9.17, 15) is 0 Å². The second-order valence-corrected chi connectivity index (χ2v) is 9.28. The summed E-state index contributed by atoms with van der Waals surface area (Å²) in [5.74, 6) is 3.76. The van der Waals surface area contributed by atoms with Crippen LogP contribution < -0.4 is 19.6 Å². The maximum atomic E-state index is 4.56. The SMILES string of the molecule is c1cc(N2CCCN(c3ccncn3)CCCN(c3ccncn3)CCN(c3ccncn3)CCC2)ncn1. The van der Waals surface area contributed by atoms with Crippen LogP contribution in [0.15, 0.2) is 74.4 Å². The molecule has 1 fully saturated rings. The molecule has 0 radical (unpaired) electrons. The van der Waals surface area contributed by atoms with Gasteiger partial charge in [0, 0.05) is 77.1 Å². The van der Waals surface area contributed by atoms with Crippen molar-refractivity contribution in [2.45, 2.75) is 19.3 Å². The molecule has 12 heteroatoms. The predicted molar refractivity (Wildman–Crippen MR) is 151 cm³/mol. The van der Waals surface area contributed by atoms with E-state index < -0.39 is 0 Å². The molecule has 12 nitrogen and oxygen atoms in total. The lowest BCUT2D eigenvalue weighted by Gasteiger charge is -2.30. The maximum absolute atomic E-state index is 4.56. The Morgan fingerprint density at radius 1 is 0.359 bits per heavy atom. The van der Waals surface area contributed by atoms with Crippen molar-refractivity contribution in [1.82, 2.24) is 39.9 Å². The van der Waals surface area contributed by atoms with Crippen molar-refractivity contribution < 1.29 is 0 Å². The van der Waals surface area contributed by atoms with E-state index in [1.807, 2.05) is 24.3 Å². The molecule has 202 valence electrons. The number of hydrogen-bond acceptors (Lipinski definition) is 12. The summed E-state index contributed by atoms with van der Waals surface area (Å²) in [6.45, 7) is 6.88. The lowest BCUT2D eigenvalue weighted by Crippen LogP contribution is -2.38. The van der Waals surface area contributed by atoms with Crippen LogP contribution in [0.3, 0.4) is 0 Å². The summed E-state index contributed by atoms with van der Waals surface area (Å²) in [6.07, 6.45) is 16.6. The Kier molecular flexibility index (Phi) is 9.31. The topological polar surface area (TPSA) is 116 Å². The normalized spacial score (nSPS) is 16.4. The smallest absolute Gasteiger partial charge is 0.131 e. The molecule has 39 heavy (non-hydrogen) atoms. The second kappa shape index (κ2) is 13.9. The summed E-state index contributed by atoms with van der Waals surface area (Å²) in [6, 6.07) is 7.92. The van der Waals surface area contributed by atoms with Crippen molar-refractivity contribution in [3.05, 3.63) is 74.4 Å². The van der Waals surface area contributed by atoms with Crippen LogP contribution >= 0.6 is 0 Å². The fourth-order valence-electron chi connectivity index (χ4n) is 4.85. The van der Waals surface area contributed by atoms with Crippen LogP contribution in [0.2, 0.25) is 0 Å². The van der Waals surface area contributed by atoms with Crippen LogP contribution in [0, 0.1) is 0 Å². The fraction of sp³-hybridized carbons (Fsp3) is 0.407.